The van der Waals surface area contributed by atoms with Crippen molar-refractivity contribution in [3.8, 4) is 5.75 Å². The molecule has 0 aliphatic carbocycles. The summed E-state index contributed by atoms with van der Waals surface area (Å²) in [6.07, 6.45) is 0.165. The number of β-lactam (4-membered cyclic amide) rings is 1. The molecule has 1 aromatic carbocycles. The standard InChI is InChI=1S/C28H28N8O10S3.Na/c1-3-34-8-9-35(22(41)21(34)40)26(45)31-18(15-4-6-17(7-5-15)46-14(2)38)20(39)32-28(29-12-37)24(44)36-19(23(42)43)16(10-47-25(28)36)11-48-27-33-30-13-49-27;/h4-7,12-13,18,25H,3,8-11H2,1-2H3,(H,29,37)(H,31,45)(H,32,39)(H,42,43);/q;+1/p-1/t18?,25-,28+;/m1./s1. The number of hydrogen-bond acceptors (Lipinski definition) is 15. The zero-order valence-electron chi connectivity index (χ0n) is 26.7. The number of urea groups is 1. The Morgan fingerprint density at radius 2 is 1.88 bits per heavy atom. The average molecular weight is 755 g/mol. The number of carbonyl (C=O) groups is 8. The van der Waals surface area contributed by atoms with Crippen LogP contribution in [0.1, 0.15) is 25.5 Å². The Morgan fingerprint density at radius 3 is 2.48 bits per heavy atom. The van der Waals surface area contributed by atoms with E-state index < -0.39 is 64.4 Å². The molecule has 0 spiro atoms. The number of amides is 7. The van der Waals surface area contributed by atoms with Gasteiger partial charge in [-0.1, -0.05) is 35.2 Å². The van der Waals surface area contributed by atoms with Gasteiger partial charge in [-0.05, 0) is 30.2 Å². The summed E-state index contributed by atoms with van der Waals surface area (Å²) in [5.74, 6) is -5.96. The second kappa shape index (κ2) is 16.3. The van der Waals surface area contributed by atoms with Crippen LogP contribution in [0.4, 0.5) is 4.79 Å². The van der Waals surface area contributed by atoms with Crippen molar-refractivity contribution in [2.75, 3.05) is 31.1 Å². The van der Waals surface area contributed by atoms with Gasteiger partial charge in [-0.2, -0.15) is 0 Å². The predicted octanol–water partition coefficient (Wildman–Crippen LogP) is -4.82. The van der Waals surface area contributed by atoms with Gasteiger partial charge < -0.3 is 35.5 Å². The Hall–Kier alpha value is -4.02. The van der Waals surface area contributed by atoms with E-state index in [2.05, 4.69) is 26.1 Å². The molecule has 22 heteroatoms. The van der Waals surface area contributed by atoms with Crippen molar-refractivity contribution < 1.29 is 77.8 Å². The van der Waals surface area contributed by atoms with E-state index in [4.69, 9.17) is 4.74 Å². The number of benzene rings is 1. The van der Waals surface area contributed by atoms with E-state index in [1.54, 1.807) is 6.92 Å². The van der Waals surface area contributed by atoms with Crippen LogP contribution in [0.2, 0.25) is 0 Å². The van der Waals surface area contributed by atoms with Crippen molar-refractivity contribution in [2.24, 2.45) is 0 Å². The number of fused-ring (bicyclic) bond motifs is 1. The Morgan fingerprint density at radius 1 is 1.16 bits per heavy atom. The number of hydrogen-bond donors (Lipinski definition) is 3. The number of carboxylic acid groups (broad SMARTS) is 1. The van der Waals surface area contributed by atoms with Gasteiger partial charge in [0.15, 0.2) is 4.34 Å². The molecular weight excluding hydrogens is 728 g/mol. The second-order valence-corrected chi connectivity index (χ2v) is 13.6. The molecule has 50 heavy (non-hydrogen) atoms. The smallest absolute Gasteiger partial charge is 0.543 e. The first kappa shape index (κ1) is 38.8. The molecule has 2 aromatic rings. The molecule has 7 amide bonds. The molecule has 1 aromatic heterocycles. The SMILES string of the molecule is CCN1CCN(C(=O)NC(C(=O)N[C@@]2(NC=O)C(=O)N3C(C(=O)[O-])=C(CSc4nncs4)CS[C@@H]32)c2ccc(OC(C)=O)cc2)C(=O)C1=O.[Na+]. The van der Waals surface area contributed by atoms with Gasteiger partial charge in [-0.15, -0.1) is 22.0 Å². The van der Waals surface area contributed by atoms with E-state index in [9.17, 15) is 43.5 Å². The summed E-state index contributed by atoms with van der Waals surface area (Å²) in [6, 6.07) is 2.62. The first-order valence-electron chi connectivity index (χ1n) is 14.4. The molecule has 258 valence electrons. The third-order valence-electron chi connectivity index (χ3n) is 7.60. The molecule has 2 fully saturated rings. The molecule has 3 aliphatic rings. The number of thioether (sulfide) groups is 2. The predicted molar refractivity (Wildman–Crippen MR) is 169 cm³/mol. The first-order chi connectivity index (χ1) is 23.4. The van der Waals surface area contributed by atoms with Crippen LogP contribution in [0, 0.1) is 0 Å². The Kier molecular flexibility index (Phi) is 12.7. The van der Waals surface area contributed by atoms with Crippen LogP contribution in [0.25, 0.3) is 0 Å². The number of esters is 1. The normalized spacial score (nSPS) is 20.6. The number of piperazine rings is 1. The van der Waals surface area contributed by atoms with E-state index in [0.29, 0.717) is 14.8 Å². The number of nitrogens with one attached hydrogen (secondary N) is 3. The minimum atomic E-state index is -2.15. The molecular formula is C28H27N8NaO10S3. The molecule has 1 unspecified atom stereocenters. The minimum Gasteiger partial charge on any atom is -0.543 e. The van der Waals surface area contributed by atoms with Gasteiger partial charge >= 0.3 is 53.4 Å². The maximum absolute atomic E-state index is 14.0. The molecule has 0 bridgehead atoms. The fourth-order valence-corrected chi connectivity index (χ4v) is 8.36. The molecule has 3 N–H and O–H groups in total. The van der Waals surface area contributed by atoms with Gasteiger partial charge in [0.1, 0.15) is 22.7 Å². The summed E-state index contributed by atoms with van der Waals surface area (Å²) in [6.45, 7) is 3.00. The van der Waals surface area contributed by atoms with Crippen molar-refractivity contribution >= 4 is 82.9 Å². The van der Waals surface area contributed by atoms with Crippen molar-refractivity contribution in [1.82, 2.24) is 40.8 Å². The summed E-state index contributed by atoms with van der Waals surface area (Å²) >= 11 is 3.53. The fourth-order valence-electron chi connectivity index (χ4n) is 5.30. The number of aromatic nitrogens is 2. The summed E-state index contributed by atoms with van der Waals surface area (Å²) in [7, 11) is 0. The van der Waals surface area contributed by atoms with E-state index in [0.717, 1.165) is 16.7 Å². The number of imide groups is 1. The third-order valence-corrected chi connectivity index (χ3v) is 10.9. The van der Waals surface area contributed by atoms with Crippen molar-refractivity contribution in [2.45, 2.75) is 35.3 Å². The summed E-state index contributed by atoms with van der Waals surface area (Å²) in [5, 5.41) is 26.0. The Balaban J connectivity index is 0.00000562. The molecule has 3 atom stereocenters. The van der Waals surface area contributed by atoms with Crippen LogP contribution in [0.5, 0.6) is 5.75 Å². The van der Waals surface area contributed by atoms with Gasteiger partial charge in [0.2, 0.25) is 18.0 Å². The maximum atomic E-state index is 14.0. The van der Waals surface area contributed by atoms with Crippen LogP contribution in [-0.2, 0) is 33.6 Å². The number of ether oxygens (including phenoxy) is 1. The monoisotopic (exact) mass is 754 g/mol. The zero-order chi connectivity index (χ0) is 35.5. The van der Waals surface area contributed by atoms with Crippen molar-refractivity contribution in [3.63, 3.8) is 0 Å². The molecule has 5 rings (SSSR count). The molecule has 0 radical (unpaired) electrons. The molecule has 4 heterocycles. The number of rotatable bonds is 12. The van der Waals surface area contributed by atoms with Gasteiger partial charge in [0.25, 0.3) is 5.91 Å². The van der Waals surface area contributed by atoms with Gasteiger partial charge in [0, 0.05) is 38.1 Å². The topological polar surface area (TPSA) is 240 Å². The van der Waals surface area contributed by atoms with Crippen molar-refractivity contribution in [3.05, 3.63) is 46.6 Å². The van der Waals surface area contributed by atoms with Gasteiger partial charge in [0.05, 0.1) is 11.7 Å². The minimum absolute atomic E-state index is 0. The summed E-state index contributed by atoms with van der Waals surface area (Å²) < 4.78 is 5.61. The first-order valence-corrected chi connectivity index (χ1v) is 17.3. The molecule has 2 saturated heterocycles. The van der Waals surface area contributed by atoms with E-state index in [1.165, 1.54) is 64.7 Å². The van der Waals surface area contributed by atoms with Crippen LogP contribution < -0.4 is 55.4 Å². The number of likely N-dealkylation sites (N-methyl/N-ethyl adjacent to an activating group) is 1. The average Bonchev–Trinajstić information content (AvgIpc) is 3.60. The second-order valence-electron chi connectivity index (χ2n) is 10.5. The molecule has 0 saturated carbocycles. The zero-order valence-corrected chi connectivity index (χ0v) is 31.1. The fraction of sp³-hybridized carbons (Fsp3) is 0.357. The number of carboxylic acids is 1. The van der Waals surface area contributed by atoms with Gasteiger partial charge in [-0.25, -0.2) is 4.79 Å². The molecule has 18 nitrogen and oxygen atoms in total. The summed E-state index contributed by atoms with van der Waals surface area (Å²) in [5.41, 5.74) is -0.608. The Labute approximate surface area is 318 Å². The van der Waals surface area contributed by atoms with Crippen LogP contribution in [0.15, 0.2) is 45.4 Å². The van der Waals surface area contributed by atoms with E-state index in [-0.39, 0.29) is 78.4 Å². The summed E-state index contributed by atoms with van der Waals surface area (Å²) in [4.78, 5) is 105. The number of aliphatic carboxylic acids is 1. The van der Waals surface area contributed by atoms with E-state index >= 15 is 0 Å². The largest absolute Gasteiger partial charge is 1.00 e. The Bertz CT molecular complexity index is 1740. The number of carbonyl (C=O) groups excluding carboxylic acids is 8. The van der Waals surface area contributed by atoms with Gasteiger partial charge in [-0.3, -0.25) is 38.6 Å². The third kappa shape index (κ3) is 7.66. The van der Waals surface area contributed by atoms with Crippen LogP contribution in [-0.4, -0.2) is 115 Å². The maximum Gasteiger partial charge on any atom is 1.00 e. The quantitative estimate of drug-likeness (QED) is 0.0269. The van der Waals surface area contributed by atoms with Crippen LogP contribution in [0.3, 0.4) is 0 Å². The number of nitrogens with zero attached hydrogens (tertiary/aromatic N) is 5. The van der Waals surface area contributed by atoms with Crippen molar-refractivity contribution in [1.29, 1.82) is 0 Å². The van der Waals surface area contributed by atoms with Crippen LogP contribution >= 0.6 is 34.9 Å². The molecule has 3 aliphatic heterocycles. The van der Waals surface area contributed by atoms with E-state index in [1.807, 2.05) is 0 Å².